The largest absolute Gasteiger partial charge is 0.337 e. The van der Waals surface area contributed by atoms with Crippen molar-refractivity contribution in [3.8, 4) is 0 Å². The van der Waals surface area contributed by atoms with Crippen LogP contribution in [-0.4, -0.2) is 42.3 Å². The maximum Gasteiger partial charge on any atom is 0.255 e. The summed E-state index contributed by atoms with van der Waals surface area (Å²) in [5, 5.41) is -0.539. The van der Waals surface area contributed by atoms with Crippen molar-refractivity contribution in [1.29, 1.82) is 0 Å². The van der Waals surface area contributed by atoms with Crippen molar-refractivity contribution < 1.29 is 17.6 Å². The minimum absolute atomic E-state index is 0.0344. The molecule has 1 aromatic rings. The van der Waals surface area contributed by atoms with E-state index in [1.54, 1.807) is 20.8 Å². The molecule has 1 aromatic carbocycles. The van der Waals surface area contributed by atoms with Gasteiger partial charge in [0, 0.05) is 13.1 Å². The molecule has 0 spiro atoms. The molecular formula is C15H19ClFNO3S. The molecule has 7 heteroatoms. The second kappa shape index (κ2) is 5.81. The van der Waals surface area contributed by atoms with E-state index in [1.807, 2.05) is 0 Å². The summed E-state index contributed by atoms with van der Waals surface area (Å²) >= 11 is 5.90. The zero-order valence-corrected chi connectivity index (χ0v) is 14.3. The van der Waals surface area contributed by atoms with Crippen molar-refractivity contribution >= 4 is 27.3 Å². The summed E-state index contributed by atoms with van der Waals surface area (Å²) in [4.78, 5) is 13.9. The zero-order chi connectivity index (χ0) is 16.7. The molecule has 1 atom stereocenters. The average molecular weight is 348 g/mol. The van der Waals surface area contributed by atoms with Crippen LogP contribution in [0, 0.1) is 5.82 Å². The molecule has 22 heavy (non-hydrogen) atoms. The molecule has 0 bridgehead atoms. The van der Waals surface area contributed by atoms with Gasteiger partial charge in [0.15, 0.2) is 9.84 Å². The van der Waals surface area contributed by atoms with Crippen LogP contribution in [0.2, 0.25) is 5.02 Å². The fourth-order valence-electron chi connectivity index (χ4n) is 2.50. The number of nitrogens with zero attached hydrogens (tertiary/aromatic N) is 1. The second-order valence-corrected chi connectivity index (χ2v) is 9.83. The fraction of sp³-hybridized carbons (Fsp3) is 0.533. The van der Waals surface area contributed by atoms with Crippen molar-refractivity contribution in [2.75, 3.05) is 13.1 Å². The third-order valence-corrected chi connectivity index (χ3v) is 7.17. The van der Waals surface area contributed by atoms with Gasteiger partial charge >= 0.3 is 0 Å². The van der Waals surface area contributed by atoms with Crippen LogP contribution in [0.5, 0.6) is 0 Å². The smallest absolute Gasteiger partial charge is 0.255 e. The second-order valence-electron chi connectivity index (χ2n) is 6.44. The highest BCUT2D eigenvalue weighted by Crippen LogP contribution is 2.28. The fourth-order valence-corrected chi connectivity index (χ4v) is 4.54. The van der Waals surface area contributed by atoms with Crippen molar-refractivity contribution in [1.82, 2.24) is 4.90 Å². The monoisotopic (exact) mass is 347 g/mol. The third kappa shape index (κ3) is 3.13. The Kier molecular flexibility index (Phi) is 4.55. The summed E-state index contributed by atoms with van der Waals surface area (Å²) in [5.74, 6) is -0.882. The molecule has 1 unspecified atom stereocenters. The number of rotatable bonds is 2. The van der Waals surface area contributed by atoms with E-state index in [4.69, 9.17) is 11.6 Å². The molecule has 1 aliphatic rings. The van der Waals surface area contributed by atoms with Crippen molar-refractivity contribution in [2.45, 2.75) is 37.2 Å². The Bertz CT molecular complexity index is 697. The molecule has 1 amide bonds. The number of benzene rings is 1. The highest BCUT2D eigenvalue weighted by Gasteiger charge is 2.42. The van der Waals surface area contributed by atoms with Gasteiger partial charge in [-0.05, 0) is 45.4 Å². The minimum atomic E-state index is -3.33. The Balaban J connectivity index is 2.19. The Morgan fingerprint density at radius 1 is 1.36 bits per heavy atom. The van der Waals surface area contributed by atoms with Crippen molar-refractivity contribution in [2.24, 2.45) is 0 Å². The van der Waals surface area contributed by atoms with Gasteiger partial charge < -0.3 is 4.90 Å². The topological polar surface area (TPSA) is 54.5 Å². The van der Waals surface area contributed by atoms with Crippen LogP contribution in [0.25, 0.3) is 0 Å². The molecule has 2 rings (SSSR count). The Morgan fingerprint density at radius 2 is 2.00 bits per heavy atom. The summed E-state index contributed by atoms with van der Waals surface area (Å²) in [6.07, 6.45) is 0.407. The SMILES string of the molecule is CC(C)(C)S(=O)(=O)C1CCN(C(=O)c2ccc(F)cc2Cl)C1. The summed E-state index contributed by atoms with van der Waals surface area (Å²) in [6.45, 7) is 5.47. The van der Waals surface area contributed by atoms with E-state index in [-0.39, 0.29) is 23.0 Å². The molecule has 122 valence electrons. The van der Waals surface area contributed by atoms with Gasteiger partial charge in [0.1, 0.15) is 5.82 Å². The highest BCUT2D eigenvalue weighted by atomic mass is 35.5. The van der Waals surface area contributed by atoms with Gasteiger partial charge in [-0.25, -0.2) is 12.8 Å². The van der Waals surface area contributed by atoms with Crippen LogP contribution in [-0.2, 0) is 9.84 Å². The molecule has 0 saturated carbocycles. The van der Waals surface area contributed by atoms with E-state index in [2.05, 4.69) is 0 Å². The van der Waals surface area contributed by atoms with E-state index in [0.29, 0.717) is 13.0 Å². The van der Waals surface area contributed by atoms with Crippen LogP contribution in [0.1, 0.15) is 37.6 Å². The van der Waals surface area contributed by atoms with Gasteiger partial charge in [0.05, 0.1) is 20.6 Å². The first kappa shape index (κ1) is 17.2. The molecule has 1 fully saturated rings. The molecule has 0 aromatic heterocycles. The molecule has 0 N–H and O–H groups in total. The quantitative estimate of drug-likeness (QED) is 0.826. The first-order chi connectivity index (χ1) is 10.0. The molecule has 0 radical (unpaired) electrons. The number of hydrogen-bond acceptors (Lipinski definition) is 3. The lowest BCUT2D eigenvalue weighted by molar-refractivity contribution is 0.0793. The van der Waals surface area contributed by atoms with Crippen LogP contribution in [0.3, 0.4) is 0 Å². The number of hydrogen-bond donors (Lipinski definition) is 0. The predicted octanol–water partition coefficient (Wildman–Crippen LogP) is 2.91. The van der Waals surface area contributed by atoms with E-state index in [1.165, 1.54) is 17.0 Å². The van der Waals surface area contributed by atoms with Gasteiger partial charge in [-0.3, -0.25) is 4.79 Å². The number of amides is 1. The molecule has 1 heterocycles. The van der Waals surface area contributed by atoms with Crippen molar-refractivity contribution in [3.63, 3.8) is 0 Å². The maximum atomic E-state index is 13.0. The van der Waals surface area contributed by atoms with Gasteiger partial charge in [-0.1, -0.05) is 11.6 Å². The first-order valence-electron chi connectivity index (χ1n) is 7.02. The lowest BCUT2D eigenvalue weighted by Crippen LogP contribution is -2.39. The molecule has 1 aliphatic heterocycles. The lowest BCUT2D eigenvalue weighted by atomic mass is 10.2. The Hall–Kier alpha value is -1.14. The molecule has 0 aliphatic carbocycles. The predicted molar refractivity (Wildman–Crippen MR) is 84.4 cm³/mol. The zero-order valence-electron chi connectivity index (χ0n) is 12.8. The molecular weight excluding hydrogens is 329 g/mol. The summed E-state index contributed by atoms with van der Waals surface area (Å²) < 4.78 is 37.1. The molecule has 1 saturated heterocycles. The van der Waals surface area contributed by atoms with Crippen LogP contribution in [0.15, 0.2) is 18.2 Å². The number of carbonyl (C=O) groups is 1. The number of carbonyl (C=O) groups excluding carboxylic acids is 1. The van der Waals surface area contributed by atoms with Crippen LogP contribution in [0.4, 0.5) is 4.39 Å². The summed E-state index contributed by atoms with van der Waals surface area (Å²) in [6, 6.07) is 3.57. The van der Waals surface area contributed by atoms with Crippen LogP contribution >= 0.6 is 11.6 Å². The van der Waals surface area contributed by atoms with Gasteiger partial charge in [0.25, 0.3) is 5.91 Å². The minimum Gasteiger partial charge on any atom is -0.337 e. The molecule has 4 nitrogen and oxygen atoms in total. The first-order valence-corrected chi connectivity index (χ1v) is 8.94. The van der Waals surface area contributed by atoms with E-state index in [0.717, 1.165) is 6.07 Å². The van der Waals surface area contributed by atoms with E-state index >= 15 is 0 Å². The van der Waals surface area contributed by atoms with Crippen molar-refractivity contribution in [3.05, 3.63) is 34.6 Å². The third-order valence-electron chi connectivity index (χ3n) is 3.89. The van der Waals surface area contributed by atoms with Gasteiger partial charge in [-0.15, -0.1) is 0 Å². The van der Waals surface area contributed by atoms with E-state index < -0.39 is 25.7 Å². The van der Waals surface area contributed by atoms with Gasteiger partial charge in [0.2, 0.25) is 0 Å². The number of halogens is 2. The Morgan fingerprint density at radius 3 is 2.55 bits per heavy atom. The summed E-state index contributed by atoms with van der Waals surface area (Å²) in [7, 11) is -3.33. The Labute approximate surface area is 135 Å². The maximum absolute atomic E-state index is 13.0. The number of likely N-dealkylation sites (tertiary alicyclic amines) is 1. The van der Waals surface area contributed by atoms with Crippen LogP contribution < -0.4 is 0 Å². The highest BCUT2D eigenvalue weighted by molar-refractivity contribution is 7.93. The lowest BCUT2D eigenvalue weighted by Gasteiger charge is -2.24. The average Bonchev–Trinajstić information content (AvgIpc) is 2.86. The standard InChI is InChI=1S/C15H19ClFNO3S/c1-15(2,3)22(20,21)11-6-7-18(9-11)14(19)12-5-4-10(17)8-13(12)16/h4-5,8,11H,6-7,9H2,1-3H3. The normalized spacial score (nSPS) is 19.5. The number of sulfone groups is 1. The van der Waals surface area contributed by atoms with E-state index in [9.17, 15) is 17.6 Å². The van der Waals surface area contributed by atoms with Gasteiger partial charge in [-0.2, -0.15) is 0 Å². The summed E-state index contributed by atoms with van der Waals surface area (Å²) in [5.41, 5.74) is 0.192.